The number of para-hydroxylation sites is 1. The highest BCUT2D eigenvalue weighted by Crippen LogP contribution is 2.34. The van der Waals surface area contributed by atoms with Crippen molar-refractivity contribution in [3.63, 3.8) is 0 Å². The van der Waals surface area contributed by atoms with Gasteiger partial charge in [-0.25, -0.2) is 8.42 Å². The normalized spacial score (nSPS) is 12.7. The molecule has 23 heavy (non-hydrogen) atoms. The Kier molecular flexibility index (Phi) is 5.63. The van der Waals surface area contributed by atoms with E-state index in [0.29, 0.717) is 23.7 Å². The van der Waals surface area contributed by atoms with Crippen molar-refractivity contribution in [3.05, 3.63) is 59.7 Å². The largest absolute Gasteiger partial charge is 0.493 e. The molecule has 0 radical (unpaired) electrons. The minimum Gasteiger partial charge on any atom is -0.493 e. The monoisotopic (exact) mass is 335 g/mol. The molecule has 0 aromatic heterocycles. The lowest BCUT2D eigenvalue weighted by atomic mass is 10.1. The van der Waals surface area contributed by atoms with Crippen LogP contribution in [0.1, 0.15) is 17.2 Å². The van der Waals surface area contributed by atoms with Crippen LogP contribution in [0.15, 0.2) is 48.5 Å². The summed E-state index contributed by atoms with van der Waals surface area (Å²) in [6.45, 7) is 0.391. The first kappa shape index (κ1) is 17.3. The lowest BCUT2D eigenvalue weighted by Gasteiger charge is -2.18. The summed E-state index contributed by atoms with van der Waals surface area (Å²) in [6, 6.07) is 14.4. The third-order valence-electron chi connectivity index (χ3n) is 3.33. The number of benzene rings is 2. The van der Waals surface area contributed by atoms with Crippen LogP contribution in [0.4, 0.5) is 0 Å². The van der Waals surface area contributed by atoms with Gasteiger partial charge in [0.2, 0.25) is 0 Å². The molecule has 0 bridgehead atoms. The second-order valence-electron chi connectivity index (χ2n) is 5.35. The van der Waals surface area contributed by atoms with Crippen LogP contribution in [0.5, 0.6) is 11.5 Å². The van der Waals surface area contributed by atoms with Gasteiger partial charge in [0.1, 0.15) is 16.4 Å². The van der Waals surface area contributed by atoms with Gasteiger partial charge in [-0.05, 0) is 11.6 Å². The molecule has 0 saturated heterocycles. The Morgan fingerprint density at radius 2 is 1.78 bits per heavy atom. The summed E-state index contributed by atoms with van der Waals surface area (Å²) in [5.41, 5.74) is 7.66. The van der Waals surface area contributed by atoms with Crippen LogP contribution in [0, 0.1) is 0 Å². The van der Waals surface area contributed by atoms with Crippen molar-refractivity contribution in [3.8, 4) is 11.5 Å². The number of methoxy groups -OCH3 is 1. The Bertz CT molecular complexity index is 744. The topological polar surface area (TPSA) is 78.6 Å². The molecular weight excluding hydrogens is 314 g/mol. The maximum Gasteiger partial charge on any atom is 0.165 e. The van der Waals surface area contributed by atoms with Crippen LogP contribution in [0.25, 0.3) is 0 Å². The molecule has 6 heteroatoms. The first-order valence-electron chi connectivity index (χ1n) is 7.17. The van der Waals surface area contributed by atoms with Crippen LogP contribution < -0.4 is 15.2 Å². The van der Waals surface area contributed by atoms with Crippen LogP contribution in [0.3, 0.4) is 0 Å². The van der Waals surface area contributed by atoms with E-state index in [2.05, 4.69) is 0 Å². The van der Waals surface area contributed by atoms with Crippen LogP contribution in [-0.4, -0.2) is 27.5 Å². The Balaban J connectivity index is 2.22. The van der Waals surface area contributed by atoms with E-state index in [1.165, 1.54) is 7.11 Å². The van der Waals surface area contributed by atoms with Crippen molar-refractivity contribution in [2.75, 3.05) is 19.1 Å². The molecule has 0 heterocycles. The standard InChI is InChI=1S/C17H21NO4S/c1-21-17-14(15(18)12-23(2,19)20)9-6-10-16(17)22-11-13-7-4-3-5-8-13/h3-10,15H,11-12,18H2,1-2H3. The molecule has 1 atom stereocenters. The van der Waals surface area contributed by atoms with Crippen LogP contribution in [0.2, 0.25) is 0 Å². The van der Waals surface area contributed by atoms with E-state index in [4.69, 9.17) is 15.2 Å². The molecule has 1 unspecified atom stereocenters. The quantitative estimate of drug-likeness (QED) is 0.840. The van der Waals surface area contributed by atoms with Crippen LogP contribution in [-0.2, 0) is 16.4 Å². The van der Waals surface area contributed by atoms with E-state index < -0.39 is 15.9 Å². The molecule has 5 nitrogen and oxygen atoms in total. The fourth-order valence-electron chi connectivity index (χ4n) is 2.31. The predicted octanol–water partition coefficient (Wildman–Crippen LogP) is 2.32. The fourth-order valence-corrected chi connectivity index (χ4v) is 3.14. The maximum absolute atomic E-state index is 11.5. The fraction of sp³-hybridized carbons (Fsp3) is 0.294. The molecule has 0 aliphatic rings. The molecule has 2 aromatic rings. The molecule has 2 aromatic carbocycles. The Morgan fingerprint density at radius 3 is 2.39 bits per heavy atom. The van der Waals surface area contributed by atoms with Gasteiger partial charge in [-0.1, -0.05) is 42.5 Å². The summed E-state index contributed by atoms with van der Waals surface area (Å²) in [5, 5.41) is 0. The number of ether oxygens (including phenoxy) is 2. The number of hydrogen-bond donors (Lipinski definition) is 1. The average molecular weight is 335 g/mol. The van der Waals surface area contributed by atoms with E-state index in [1.54, 1.807) is 18.2 Å². The first-order chi connectivity index (χ1) is 10.9. The van der Waals surface area contributed by atoms with Crippen molar-refractivity contribution >= 4 is 9.84 Å². The molecule has 0 saturated carbocycles. The van der Waals surface area contributed by atoms with Gasteiger partial charge in [-0.15, -0.1) is 0 Å². The van der Waals surface area contributed by atoms with Gasteiger partial charge in [0.15, 0.2) is 11.5 Å². The zero-order valence-corrected chi connectivity index (χ0v) is 14.0. The van der Waals surface area contributed by atoms with Gasteiger partial charge in [-0.3, -0.25) is 0 Å². The highest BCUT2D eigenvalue weighted by atomic mass is 32.2. The molecule has 2 rings (SSSR count). The predicted molar refractivity (Wildman–Crippen MR) is 90.4 cm³/mol. The Hall–Kier alpha value is -2.05. The van der Waals surface area contributed by atoms with Crippen molar-refractivity contribution < 1.29 is 17.9 Å². The van der Waals surface area contributed by atoms with Gasteiger partial charge in [0.05, 0.1) is 12.9 Å². The van der Waals surface area contributed by atoms with E-state index >= 15 is 0 Å². The molecular formula is C17H21NO4S. The zero-order valence-electron chi connectivity index (χ0n) is 13.2. The lowest BCUT2D eigenvalue weighted by molar-refractivity contribution is 0.282. The molecule has 124 valence electrons. The van der Waals surface area contributed by atoms with E-state index in [0.717, 1.165) is 11.8 Å². The third-order valence-corrected chi connectivity index (χ3v) is 4.30. The van der Waals surface area contributed by atoms with Gasteiger partial charge in [0.25, 0.3) is 0 Å². The maximum atomic E-state index is 11.5. The zero-order chi connectivity index (χ0) is 16.9. The molecule has 0 aliphatic carbocycles. The van der Waals surface area contributed by atoms with Crippen LogP contribution >= 0.6 is 0 Å². The molecule has 0 fully saturated rings. The van der Waals surface area contributed by atoms with E-state index in [-0.39, 0.29) is 5.75 Å². The minimum absolute atomic E-state index is 0.147. The first-order valence-corrected chi connectivity index (χ1v) is 9.23. The smallest absolute Gasteiger partial charge is 0.165 e. The van der Waals surface area contributed by atoms with Crippen molar-refractivity contribution in [1.82, 2.24) is 0 Å². The number of hydrogen-bond acceptors (Lipinski definition) is 5. The van der Waals surface area contributed by atoms with Crippen molar-refractivity contribution in [2.45, 2.75) is 12.6 Å². The SMILES string of the molecule is COc1c(OCc2ccccc2)cccc1C(N)CS(C)(=O)=O. The molecule has 0 aliphatic heterocycles. The summed E-state index contributed by atoms with van der Waals surface area (Å²) >= 11 is 0. The average Bonchev–Trinajstić information content (AvgIpc) is 2.51. The Labute approximate surface area is 137 Å². The highest BCUT2D eigenvalue weighted by molar-refractivity contribution is 7.90. The molecule has 0 amide bonds. The van der Waals surface area contributed by atoms with Gasteiger partial charge < -0.3 is 15.2 Å². The second kappa shape index (κ2) is 7.48. The minimum atomic E-state index is -3.19. The number of sulfone groups is 1. The van der Waals surface area contributed by atoms with Crippen molar-refractivity contribution in [1.29, 1.82) is 0 Å². The lowest BCUT2D eigenvalue weighted by Crippen LogP contribution is -2.21. The summed E-state index contributed by atoms with van der Waals surface area (Å²) in [6.07, 6.45) is 1.16. The third kappa shape index (κ3) is 4.97. The summed E-state index contributed by atoms with van der Waals surface area (Å²) in [5.74, 6) is 0.864. The highest BCUT2D eigenvalue weighted by Gasteiger charge is 2.19. The molecule has 2 N–H and O–H groups in total. The summed E-state index contributed by atoms with van der Waals surface area (Å²) in [7, 11) is -1.67. The van der Waals surface area contributed by atoms with E-state index in [1.807, 2.05) is 30.3 Å². The summed E-state index contributed by atoms with van der Waals surface area (Å²) < 4.78 is 34.1. The Morgan fingerprint density at radius 1 is 1.09 bits per heavy atom. The number of nitrogens with two attached hydrogens (primary N) is 1. The molecule has 0 spiro atoms. The number of rotatable bonds is 7. The summed E-state index contributed by atoms with van der Waals surface area (Å²) in [4.78, 5) is 0. The van der Waals surface area contributed by atoms with Crippen molar-refractivity contribution in [2.24, 2.45) is 5.73 Å². The van der Waals surface area contributed by atoms with Gasteiger partial charge in [0, 0.05) is 17.9 Å². The van der Waals surface area contributed by atoms with Gasteiger partial charge >= 0.3 is 0 Å². The second-order valence-corrected chi connectivity index (χ2v) is 7.54. The van der Waals surface area contributed by atoms with Gasteiger partial charge in [-0.2, -0.15) is 0 Å². The van der Waals surface area contributed by atoms with E-state index in [9.17, 15) is 8.42 Å².